The van der Waals surface area contributed by atoms with Crippen molar-refractivity contribution in [1.29, 1.82) is 0 Å². The van der Waals surface area contributed by atoms with Crippen molar-refractivity contribution in [3.05, 3.63) is 68.2 Å². The van der Waals surface area contributed by atoms with E-state index in [1.165, 1.54) is 10.5 Å². The molecule has 0 fully saturated rings. The number of aromatic nitrogens is 4. The molecule has 3 heterocycles. The van der Waals surface area contributed by atoms with E-state index in [1.54, 1.807) is 24.5 Å². The minimum atomic E-state index is -0.200. The van der Waals surface area contributed by atoms with Gasteiger partial charge in [-0.25, -0.2) is 4.98 Å². The average molecular weight is 372 g/mol. The van der Waals surface area contributed by atoms with Crippen molar-refractivity contribution in [2.45, 2.75) is 13.8 Å². The molecule has 0 aliphatic heterocycles. The van der Waals surface area contributed by atoms with Gasteiger partial charge in [0.15, 0.2) is 0 Å². The molecule has 0 amide bonds. The van der Waals surface area contributed by atoms with Gasteiger partial charge in [0.1, 0.15) is 5.65 Å². The van der Waals surface area contributed by atoms with E-state index in [9.17, 15) is 4.79 Å². The number of rotatable bonds is 2. The van der Waals surface area contributed by atoms with Gasteiger partial charge in [0, 0.05) is 22.9 Å². The molecule has 3 rings (SSSR count). The SMILES string of the molecule is Cc1cnc(/C=C(\N)c2cc(=O)n3cc(Br)ccc3n2)c(C)n1. The first kappa shape index (κ1) is 15.4. The maximum atomic E-state index is 12.2. The van der Waals surface area contributed by atoms with Crippen LogP contribution in [0.15, 0.2) is 39.9 Å². The molecule has 0 aromatic carbocycles. The Hall–Kier alpha value is -2.54. The van der Waals surface area contributed by atoms with Gasteiger partial charge < -0.3 is 5.73 Å². The summed E-state index contributed by atoms with van der Waals surface area (Å²) in [5.41, 5.74) is 9.48. The van der Waals surface area contributed by atoms with Crippen LogP contribution in [0.25, 0.3) is 17.4 Å². The van der Waals surface area contributed by atoms with Crippen LogP contribution in [0.4, 0.5) is 0 Å². The zero-order valence-corrected chi connectivity index (χ0v) is 14.2. The predicted octanol–water partition coefficient (Wildman–Crippen LogP) is 2.32. The van der Waals surface area contributed by atoms with Crippen LogP contribution in [0.1, 0.15) is 22.8 Å². The molecule has 2 N–H and O–H groups in total. The molecule has 23 heavy (non-hydrogen) atoms. The first-order valence-electron chi connectivity index (χ1n) is 6.91. The fourth-order valence-corrected chi connectivity index (χ4v) is 2.53. The van der Waals surface area contributed by atoms with E-state index >= 15 is 0 Å². The zero-order valence-electron chi connectivity index (χ0n) is 12.6. The second-order valence-electron chi connectivity index (χ2n) is 5.14. The van der Waals surface area contributed by atoms with E-state index in [-0.39, 0.29) is 5.56 Å². The summed E-state index contributed by atoms with van der Waals surface area (Å²) in [5, 5.41) is 0. The molecule has 3 aromatic heterocycles. The summed E-state index contributed by atoms with van der Waals surface area (Å²) in [6.07, 6.45) is 5.02. The second-order valence-corrected chi connectivity index (χ2v) is 6.05. The summed E-state index contributed by atoms with van der Waals surface area (Å²) in [6, 6.07) is 4.97. The van der Waals surface area contributed by atoms with Crippen molar-refractivity contribution < 1.29 is 0 Å². The number of nitrogens with two attached hydrogens (primary N) is 1. The molecule has 0 atom stereocenters. The Kier molecular flexibility index (Phi) is 3.96. The average Bonchev–Trinajstić information content (AvgIpc) is 2.50. The molecule has 0 saturated carbocycles. The summed E-state index contributed by atoms with van der Waals surface area (Å²) < 4.78 is 2.26. The minimum Gasteiger partial charge on any atom is -0.397 e. The number of aryl methyl sites for hydroxylation is 2. The van der Waals surface area contributed by atoms with Gasteiger partial charge >= 0.3 is 0 Å². The van der Waals surface area contributed by atoms with Gasteiger partial charge in [-0.2, -0.15) is 0 Å². The summed E-state index contributed by atoms with van der Waals surface area (Å²) in [7, 11) is 0. The van der Waals surface area contributed by atoms with Crippen LogP contribution in [-0.4, -0.2) is 19.4 Å². The van der Waals surface area contributed by atoms with Crippen LogP contribution in [0.3, 0.4) is 0 Å². The Balaban J connectivity index is 2.10. The van der Waals surface area contributed by atoms with Crippen molar-refractivity contribution in [3.63, 3.8) is 0 Å². The number of hydrogen-bond acceptors (Lipinski definition) is 5. The van der Waals surface area contributed by atoms with E-state index in [1.807, 2.05) is 19.9 Å². The Morgan fingerprint density at radius 1 is 1.30 bits per heavy atom. The lowest BCUT2D eigenvalue weighted by atomic mass is 10.2. The third kappa shape index (κ3) is 3.14. The molecule has 0 radical (unpaired) electrons. The van der Waals surface area contributed by atoms with Crippen LogP contribution in [0.2, 0.25) is 0 Å². The highest BCUT2D eigenvalue weighted by Crippen LogP contribution is 2.14. The molecule has 0 aliphatic carbocycles. The van der Waals surface area contributed by atoms with E-state index in [2.05, 4.69) is 30.9 Å². The van der Waals surface area contributed by atoms with Gasteiger partial charge in [-0.15, -0.1) is 0 Å². The largest absolute Gasteiger partial charge is 0.397 e. The van der Waals surface area contributed by atoms with Crippen molar-refractivity contribution in [2.24, 2.45) is 5.73 Å². The lowest BCUT2D eigenvalue weighted by molar-refractivity contribution is 1.03. The lowest BCUT2D eigenvalue weighted by Gasteiger charge is -2.06. The molecule has 3 aromatic rings. The van der Waals surface area contributed by atoms with Crippen LogP contribution in [-0.2, 0) is 0 Å². The second kappa shape index (κ2) is 5.92. The van der Waals surface area contributed by atoms with Crippen LogP contribution >= 0.6 is 15.9 Å². The standard InChI is InChI=1S/C16H14BrN5O/c1-9-7-19-13(10(2)20-9)5-12(18)14-6-16(23)22-8-11(17)3-4-15(22)21-14/h3-8H,18H2,1-2H3/b12-5-. The van der Waals surface area contributed by atoms with Gasteiger partial charge in [0.25, 0.3) is 5.56 Å². The molecule has 0 spiro atoms. The third-order valence-corrected chi connectivity index (χ3v) is 3.79. The van der Waals surface area contributed by atoms with Crippen LogP contribution < -0.4 is 11.3 Å². The maximum absolute atomic E-state index is 12.2. The lowest BCUT2D eigenvalue weighted by Crippen LogP contribution is -2.16. The Morgan fingerprint density at radius 2 is 2.09 bits per heavy atom. The summed E-state index contributed by atoms with van der Waals surface area (Å²) >= 11 is 3.33. The molecular weight excluding hydrogens is 358 g/mol. The molecular formula is C16H14BrN5O. The van der Waals surface area contributed by atoms with Crippen molar-refractivity contribution in [3.8, 4) is 0 Å². The van der Waals surface area contributed by atoms with E-state index in [0.29, 0.717) is 22.7 Å². The number of nitrogens with zero attached hydrogens (tertiary/aromatic N) is 4. The Morgan fingerprint density at radius 3 is 2.83 bits per heavy atom. The molecule has 0 aliphatic rings. The van der Waals surface area contributed by atoms with Crippen LogP contribution in [0.5, 0.6) is 0 Å². The van der Waals surface area contributed by atoms with Gasteiger partial charge in [-0.3, -0.25) is 19.2 Å². The Bertz CT molecular complexity index is 993. The topological polar surface area (TPSA) is 86.2 Å². The van der Waals surface area contributed by atoms with E-state index < -0.39 is 0 Å². The monoisotopic (exact) mass is 371 g/mol. The molecule has 0 unspecified atom stereocenters. The van der Waals surface area contributed by atoms with Crippen LogP contribution in [0, 0.1) is 13.8 Å². The molecule has 7 heteroatoms. The normalized spacial score (nSPS) is 11.9. The van der Waals surface area contributed by atoms with Gasteiger partial charge in [-0.1, -0.05) is 0 Å². The molecule has 0 bridgehead atoms. The zero-order chi connectivity index (χ0) is 16.6. The highest BCUT2D eigenvalue weighted by atomic mass is 79.9. The van der Waals surface area contributed by atoms with Crippen molar-refractivity contribution in [2.75, 3.05) is 0 Å². The van der Waals surface area contributed by atoms with Gasteiger partial charge in [0.2, 0.25) is 0 Å². The van der Waals surface area contributed by atoms with Crippen molar-refractivity contribution >= 4 is 33.4 Å². The number of halogens is 1. The van der Waals surface area contributed by atoms with Crippen molar-refractivity contribution in [1.82, 2.24) is 19.4 Å². The minimum absolute atomic E-state index is 0.200. The first-order chi connectivity index (χ1) is 10.9. The third-order valence-electron chi connectivity index (χ3n) is 3.32. The van der Waals surface area contributed by atoms with Gasteiger partial charge in [0.05, 0.1) is 28.5 Å². The quantitative estimate of drug-likeness (QED) is 0.746. The van der Waals surface area contributed by atoms with Gasteiger partial charge in [-0.05, 0) is 48.0 Å². The molecule has 6 nitrogen and oxygen atoms in total. The molecule has 116 valence electrons. The smallest absolute Gasteiger partial charge is 0.258 e. The number of pyridine rings is 1. The van der Waals surface area contributed by atoms with E-state index in [0.717, 1.165) is 15.9 Å². The number of fused-ring (bicyclic) bond motifs is 1. The predicted molar refractivity (Wildman–Crippen MR) is 92.7 cm³/mol. The number of hydrogen-bond donors (Lipinski definition) is 1. The summed E-state index contributed by atoms with van der Waals surface area (Å²) in [6.45, 7) is 3.74. The highest BCUT2D eigenvalue weighted by molar-refractivity contribution is 9.10. The fraction of sp³-hybridized carbons (Fsp3) is 0.125. The highest BCUT2D eigenvalue weighted by Gasteiger charge is 2.07. The van der Waals surface area contributed by atoms with E-state index in [4.69, 9.17) is 5.73 Å². The Labute approximate surface area is 140 Å². The molecule has 0 saturated heterocycles. The summed E-state index contributed by atoms with van der Waals surface area (Å²) in [5.74, 6) is 0. The fourth-order valence-electron chi connectivity index (χ4n) is 2.19. The first-order valence-corrected chi connectivity index (χ1v) is 7.70. The maximum Gasteiger partial charge on any atom is 0.258 e. The summed E-state index contributed by atoms with van der Waals surface area (Å²) in [4.78, 5) is 25.3.